The van der Waals surface area contributed by atoms with Crippen LogP contribution in [-0.4, -0.2) is 25.0 Å². The number of nitrogens with zero attached hydrogens (tertiary/aromatic N) is 3. The van der Waals surface area contributed by atoms with Crippen LogP contribution < -0.4 is 9.64 Å². The molecule has 1 aromatic carbocycles. The van der Waals surface area contributed by atoms with Crippen molar-refractivity contribution in [2.45, 2.75) is 12.8 Å². The third kappa shape index (κ3) is 2.64. The first-order valence-corrected chi connectivity index (χ1v) is 7.42. The van der Waals surface area contributed by atoms with Gasteiger partial charge in [0.1, 0.15) is 11.7 Å². The molecule has 5 heteroatoms. The van der Waals surface area contributed by atoms with Crippen LogP contribution in [0.1, 0.15) is 22.9 Å². The standard InChI is InChI=1S/C18H18N4O/c1-11-5-4-6-15(21-11)17-13-8-7-12(22(2)3)9-16(13)23-18(20)14(17)10-19/h4-9,14,17,20H,1-3H3. The molecule has 2 atom stereocenters. The number of nitrogens with one attached hydrogen (secondary N) is 1. The number of anilines is 1. The number of aryl methyl sites for hydroxylation is 1. The number of rotatable bonds is 2. The maximum Gasteiger partial charge on any atom is 0.205 e. The van der Waals surface area contributed by atoms with Crippen LogP contribution in [0.5, 0.6) is 5.75 Å². The van der Waals surface area contributed by atoms with Crippen LogP contribution in [0.2, 0.25) is 0 Å². The maximum atomic E-state index is 9.52. The lowest BCUT2D eigenvalue weighted by atomic mass is 9.81. The van der Waals surface area contributed by atoms with Crippen molar-refractivity contribution in [3.05, 3.63) is 53.3 Å². The lowest BCUT2D eigenvalue weighted by molar-refractivity contribution is 0.447. The van der Waals surface area contributed by atoms with E-state index in [-0.39, 0.29) is 11.8 Å². The van der Waals surface area contributed by atoms with Gasteiger partial charge in [-0.1, -0.05) is 12.1 Å². The fourth-order valence-electron chi connectivity index (χ4n) is 2.86. The molecule has 1 aromatic heterocycles. The van der Waals surface area contributed by atoms with Crippen molar-refractivity contribution < 1.29 is 4.74 Å². The van der Waals surface area contributed by atoms with E-state index in [0.717, 1.165) is 22.6 Å². The predicted molar refractivity (Wildman–Crippen MR) is 89.0 cm³/mol. The summed E-state index contributed by atoms with van der Waals surface area (Å²) in [7, 11) is 3.90. The van der Waals surface area contributed by atoms with Crippen LogP contribution in [0, 0.1) is 29.6 Å². The van der Waals surface area contributed by atoms with Crippen LogP contribution >= 0.6 is 0 Å². The molecule has 23 heavy (non-hydrogen) atoms. The Bertz CT molecular complexity index is 807. The van der Waals surface area contributed by atoms with E-state index in [1.54, 1.807) is 0 Å². The van der Waals surface area contributed by atoms with Gasteiger partial charge in [-0.3, -0.25) is 10.4 Å². The van der Waals surface area contributed by atoms with Crippen LogP contribution in [0.25, 0.3) is 0 Å². The minimum absolute atomic E-state index is 0.0239. The number of fused-ring (bicyclic) bond motifs is 1. The molecular weight excluding hydrogens is 288 g/mol. The maximum absolute atomic E-state index is 9.52. The first-order chi connectivity index (χ1) is 11.0. The molecule has 3 rings (SSSR count). The number of benzene rings is 1. The minimum atomic E-state index is -0.665. The van der Waals surface area contributed by atoms with Gasteiger partial charge in [-0.05, 0) is 25.1 Å². The zero-order valence-corrected chi connectivity index (χ0v) is 13.4. The molecule has 0 bridgehead atoms. The number of ether oxygens (including phenoxy) is 1. The third-order valence-corrected chi connectivity index (χ3v) is 4.05. The Hall–Kier alpha value is -2.87. The van der Waals surface area contributed by atoms with Crippen molar-refractivity contribution in [3.63, 3.8) is 0 Å². The minimum Gasteiger partial charge on any atom is -0.442 e. The Balaban J connectivity index is 2.17. The molecule has 0 saturated carbocycles. The number of hydrogen-bond donors (Lipinski definition) is 1. The monoisotopic (exact) mass is 306 g/mol. The first kappa shape index (κ1) is 15.0. The highest BCUT2D eigenvalue weighted by molar-refractivity contribution is 5.85. The van der Waals surface area contributed by atoms with Gasteiger partial charge in [0.25, 0.3) is 0 Å². The molecule has 2 aromatic rings. The van der Waals surface area contributed by atoms with Gasteiger partial charge in [0.15, 0.2) is 0 Å². The zero-order valence-electron chi connectivity index (χ0n) is 13.4. The van der Waals surface area contributed by atoms with E-state index in [1.165, 1.54) is 0 Å². The lowest BCUT2D eigenvalue weighted by Gasteiger charge is -2.30. The number of aromatic nitrogens is 1. The second-order valence-electron chi connectivity index (χ2n) is 5.87. The molecule has 0 saturated heterocycles. The van der Waals surface area contributed by atoms with Crippen LogP contribution in [-0.2, 0) is 0 Å². The number of pyridine rings is 1. The molecule has 1 N–H and O–H groups in total. The largest absolute Gasteiger partial charge is 0.442 e. The molecule has 1 aliphatic heterocycles. The molecule has 0 amide bonds. The smallest absolute Gasteiger partial charge is 0.205 e. The lowest BCUT2D eigenvalue weighted by Crippen LogP contribution is -2.31. The summed E-state index contributed by atoms with van der Waals surface area (Å²) < 4.78 is 5.61. The fourth-order valence-corrected chi connectivity index (χ4v) is 2.86. The van der Waals surface area contributed by atoms with Crippen molar-refractivity contribution in [1.29, 1.82) is 10.7 Å². The molecular formula is C18H18N4O. The highest BCUT2D eigenvalue weighted by Crippen LogP contribution is 2.42. The molecule has 5 nitrogen and oxygen atoms in total. The highest BCUT2D eigenvalue weighted by Gasteiger charge is 2.37. The van der Waals surface area contributed by atoms with E-state index in [1.807, 2.05) is 62.3 Å². The quantitative estimate of drug-likeness (QED) is 0.925. The third-order valence-electron chi connectivity index (χ3n) is 4.05. The summed E-state index contributed by atoms with van der Waals surface area (Å²) in [5, 5.41) is 17.6. The Morgan fingerprint density at radius 2 is 2.04 bits per heavy atom. The second kappa shape index (κ2) is 5.73. The van der Waals surface area contributed by atoms with Crippen LogP contribution in [0.4, 0.5) is 5.69 Å². The van der Waals surface area contributed by atoms with E-state index >= 15 is 0 Å². The summed E-state index contributed by atoms with van der Waals surface area (Å²) in [6.07, 6.45) is 0. The Morgan fingerprint density at radius 3 is 2.70 bits per heavy atom. The summed E-state index contributed by atoms with van der Waals surface area (Å²) in [6.45, 7) is 1.92. The van der Waals surface area contributed by atoms with Gasteiger partial charge < -0.3 is 9.64 Å². The summed E-state index contributed by atoms with van der Waals surface area (Å²) in [6, 6.07) is 13.8. The Kier molecular flexibility index (Phi) is 3.75. The SMILES string of the molecule is Cc1cccc(C2c3ccc(N(C)C)cc3OC(=N)C2C#N)n1. The number of hydrogen-bond acceptors (Lipinski definition) is 5. The normalized spacial score (nSPS) is 19.5. The van der Waals surface area contributed by atoms with Crippen molar-refractivity contribution in [2.75, 3.05) is 19.0 Å². The molecule has 1 aliphatic rings. The fraction of sp³-hybridized carbons (Fsp3) is 0.278. The number of nitriles is 1. The van der Waals surface area contributed by atoms with Gasteiger partial charge in [0.05, 0.1) is 17.7 Å². The van der Waals surface area contributed by atoms with E-state index < -0.39 is 5.92 Å². The highest BCUT2D eigenvalue weighted by atomic mass is 16.5. The van der Waals surface area contributed by atoms with E-state index in [9.17, 15) is 5.26 Å². The van der Waals surface area contributed by atoms with E-state index in [0.29, 0.717) is 5.75 Å². The van der Waals surface area contributed by atoms with E-state index in [2.05, 4.69) is 11.1 Å². The molecule has 2 unspecified atom stereocenters. The van der Waals surface area contributed by atoms with Gasteiger partial charge in [-0.25, -0.2) is 0 Å². The van der Waals surface area contributed by atoms with Gasteiger partial charge in [-0.2, -0.15) is 5.26 Å². The molecule has 0 fully saturated rings. The average Bonchev–Trinajstić information content (AvgIpc) is 2.52. The van der Waals surface area contributed by atoms with Crippen molar-refractivity contribution >= 4 is 11.6 Å². The van der Waals surface area contributed by atoms with Gasteiger partial charge in [0, 0.05) is 37.1 Å². The van der Waals surface area contributed by atoms with Crippen molar-refractivity contribution in [1.82, 2.24) is 4.98 Å². The Labute approximate surface area is 135 Å². The van der Waals surface area contributed by atoms with Crippen LogP contribution in [0.3, 0.4) is 0 Å². The average molecular weight is 306 g/mol. The summed E-state index contributed by atoms with van der Waals surface area (Å²) >= 11 is 0. The molecule has 0 radical (unpaired) electrons. The van der Waals surface area contributed by atoms with Gasteiger partial charge in [0.2, 0.25) is 5.90 Å². The molecule has 0 aliphatic carbocycles. The predicted octanol–water partition coefficient (Wildman–Crippen LogP) is 3.10. The van der Waals surface area contributed by atoms with Gasteiger partial charge >= 0.3 is 0 Å². The van der Waals surface area contributed by atoms with Crippen LogP contribution in [0.15, 0.2) is 36.4 Å². The summed E-state index contributed by atoms with van der Waals surface area (Å²) in [5.74, 6) is -0.348. The zero-order chi connectivity index (χ0) is 16.6. The first-order valence-electron chi connectivity index (χ1n) is 7.42. The van der Waals surface area contributed by atoms with Crippen molar-refractivity contribution in [3.8, 4) is 11.8 Å². The van der Waals surface area contributed by atoms with E-state index in [4.69, 9.17) is 10.1 Å². The summed E-state index contributed by atoms with van der Waals surface area (Å²) in [4.78, 5) is 6.55. The molecule has 0 spiro atoms. The molecule has 116 valence electrons. The molecule has 2 heterocycles. The topological polar surface area (TPSA) is 73.0 Å². The Morgan fingerprint density at radius 1 is 1.26 bits per heavy atom. The van der Waals surface area contributed by atoms with Gasteiger partial charge in [-0.15, -0.1) is 0 Å². The second-order valence-corrected chi connectivity index (χ2v) is 5.87. The van der Waals surface area contributed by atoms with Crippen molar-refractivity contribution in [2.24, 2.45) is 5.92 Å². The summed E-state index contributed by atoms with van der Waals surface area (Å²) in [5.41, 5.74) is 3.58.